The predicted molar refractivity (Wildman–Crippen MR) is 156 cm³/mol. The topological polar surface area (TPSA) is 96.0 Å². The number of nitrogens with zero attached hydrogens (tertiary/aromatic N) is 2. The molecular formula is C29H34BrN3O5S. The first-order valence-corrected chi connectivity index (χ1v) is 14.7. The van der Waals surface area contributed by atoms with Crippen LogP contribution in [0.4, 0.5) is 5.69 Å². The smallest absolute Gasteiger partial charge is 0.264 e. The summed E-state index contributed by atoms with van der Waals surface area (Å²) in [6.07, 6.45) is 0. The van der Waals surface area contributed by atoms with Gasteiger partial charge in [0, 0.05) is 17.1 Å². The van der Waals surface area contributed by atoms with Crippen LogP contribution in [0.3, 0.4) is 0 Å². The summed E-state index contributed by atoms with van der Waals surface area (Å²) in [5.41, 5.74) is 1.98. The molecule has 208 valence electrons. The molecule has 0 aliphatic heterocycles. The number of halogens is 1. The zero-order valence-electron chi connectivity index (χ0n) is 22.7. The quantitative estimate of drug-likeness (QED) is 0.331. The summed E-state index contributed by atoms with van der Waals surface area (Å²) in [6.45, 7) is 6.76. The van der Waals surface area contributed by atoms with Crippen LogP contribution in [0.15, 0.2) is 82.2 Å². The van der Waals surface area contributed by atoms with Gasteiger partial charge >= 0.3 is 0 Å². The zero-order chi connectivity index (χ0) is 28.7. The maximum absolute atomic E-state index is 13.9. The largest absolute Gasteiger partial charge is 0.497 e. The second-order valence-corrected chi connectivity index (χ2v) is 12.3. The van der Waals surface area contributed by atoms with Crippen molar-refractivity contribution >= 4 is 43.5 Å². The number of methoxy groups -OCH3 is 1. The fourth-order valence-electron chi connectivity index (χ4n) is 3.93. The number of ether oxygens (including phenoxy) is 1. The molecule has 8 nitrogen and oxygen atoms in total. The summed E-state index contributed by atoms with van der Waals surface area (Å²) in [4.78, 5) is 28.4. The maximum Gasteiger partial charge on any atom is 0.264 e. The SMILES string of the molecule is COc1cccc(CN(C(=O)CN(c2ccc(Br)cc2)S(=O)(=O)c2ccc(C)cc2)[C@H](C)C(=O)NC(C)C)c1. The fraction of sp³-hybridized carbons (Fsp3) is 0.310. The molecule has 2 amide bonds. The molecule has 0 spiro atoms. The Morgan fingerprint density at radius 1 is 0.974 bits per heavy atom. The van der Waals surface area contributed by atoms with Crippen LogP contribution in [-0.2, 0) is 26.2 Å². The lowest BCUT2D eigenvalue weighted by atomic mass is 10.1. The molecule has 0 fully saturated rings. The lowest BCUT2D eigenvalue weighted by molar-refractivity contribution is -0.139. The van der Waals surface area contributed by atoms with Crippen molar-refractivity contribution in [3.63, 3.8) is 0 Å². The van der Waals surface area contributed by atoms with Crippen molar-refractivity contribution in [1.82, 2.24) is 10.2 Å². The molecule has 0 unspecified atom stereocenters. The van der Waals surface area contributed by atoms with Gasteiger partial charge in [-0.15, -0.1) is 0 Å². The third-order valence-electron chi connectivity index (χ3n) is 6.09. The molecule has 0 bridgehead atoms. The molecule has 0 aliphatic carbocycles. The van der Waals surface area contributed by atoms with Gasteiger partial charge in [0.1, 0.15) is 18.3 Å². The zero-order valence-corrected chi connectivity index (χ0v) is 25.1. The van der Waals surface area contributed by atoms with Crippen molar-refractivity contribution in [1.29, 1.82) is 0 Å². The maximum atomic E-state index is 13.9. The molecule has 3 rings (SSSR count). The lowest BCUT2D eigenvalue weighted by Gasteiger charge is -2.32. The average molecular weight is 617 g/mol. The monoisotopic (exact) mass is 615 g/mol. The summed E-state index contributed by atoms with van der Waals surface area (Å²) in [5, 5.41) is 2.84. The normalized spacial score (nSPS) is 12.1. The number of aryl methyl sites for hydroxylation is 1. The van der Waals surface area contributed by atoms with E-state index in [2.05, 4.69) is 21.2 Å². The van der Waals surface area contributed by atoms with Crippen LogP contribution in [0.2, 0.25) is 0 Å². The lowest BCUT2D eigenvalue weighted by Crippen LogP contribution is -2.52. The van der Waals surface area contributed by atoms with Crippen LogP contribution >= 0.6 is 15.9 Å². The van der Waals surface area contributed by atoms with Gasteiger partial charge < -0.3 is 15.0 Å². The van der Waals surface area contributed by atoms with Gasteiger partial charge in [0.05, 0.1) is 17.7 Å². The Balaban J connectivity index is 2.03. The molecule has 1 N–H and O–H groups in total. The number of benzene rings is 3. The van der Waals surface area contributed by atoms with Crippen molar-refractivity contribution < 1.29 is 22.7 Å². The predicted octanol–water partition coefficient (Wildman–Crippen LogP) is 4.90. The van der Waals surface area contributed by atoms with Gasteiger partial charge in [0.25, 0.3) is 10.0 Å². The summed E-state index contributed by atoms with van der Waals surface area (Å²) in [5.74, 6) is -0.252. The van der Waals surface area contributed by atoms with Gasteiger partial charge in [0.2, 0.25) is 11.8 Å². The highest BCUT2D eigenvalue weighted by atomic mass is 79.9. The van der Waals surface area contributed by atoms with Crippen LogP contribution in [0.25, 0.3) is 0 Å². The second-order valence-electron chi connectivity index (χ2n) is 9.51. The van der Waals surface area contributed by atoms with Gasteiger partial charge in [-0.2, -0.15) is 0 Å². The highest BCUT2D eigenvalue weighted by molar-refractivity contribution is 9.10. The van der Waals surface area contributed by atoms with E-state index in [1.807, 2.05) is 26.8 Å². The third kappa shape index (κ3) is 7.83. The van der Waals surface area contributed by atoms with Gasteiger partial charge in [-0.3, -0.25) is 13.9 Å². The van der Waals surface area contributed by atoms with Crippen molar-refractivity contribution in [3.05, 3.63) is 88.4 Å². The first-order chi connectivity index (χ1) is 18.4. The van der Waals surface area contributed by atoms with Crippen molar-refractivity contribution in [3.8, 4) is 5.75 Å². The Morgan fingerprint density at radius 3 is 2.21 bits per heavy atom. The highest BCUT2D eigenvalue weighted by Gasteiger charge is 2.32. The van der Waals surface area contributed by atoms with E-state index in [4.69, 9.17) is 4.74 Å². The Kier molecular flexibility index (Phi) is 10.2. The molecule has 0 saturated carbocycles. The van der Waals surface area contributed by atoms with Crippen LogP contribution in [0.1, 0.15) is 31.9 Å². The van der Waals surface area contributed by atoms with E-state index in [-0.39, 0.29) is 23.4 Å². The number of carbonyl (C=O) groups excluding carboxylic acids is 2. The van der Waals surface area contributed by atoms with Crippen molar-refractivity contribution in [2.45, 2.75) is 51.2 Å². The Labute approximate surface area is 239 Å². The summed E-state index contributed by atoms with van der Waals surface area (Å²) < 4.78 is 34.8. The van der Waals surface area contributed by atoms with Gasteiger partial charge in [-0.1, -0.05) is 45.8 Å². The second kappa shape index (κ2) is 13.1. The van der Waals surface area contributed by atoms with Crippen LogP contribution in [0, 0.1) is 6.92 Å². The first-order valence-electron chi connectivity index (χ1n) is 12.5. The minimum absolute atomic E-state index is 0.0637. The van der Waals surface area contributed by atoms with Crippen molar-refractivity contribution in [2.24, 2.45) is 0 Å². The fourth-order valence-corrected chi connectivity index (χ4v) is 5.61. The Bertz CT molecular complexity index is 1390. The molecular weight excluding hydrogens is 582 g/mol. The number of hydrogen-bond acceptors (Lipinski definition) is 5. The minimum atomic E-state index is -4.11. The summed E-state index contributed by atoms with van der Waals surface area (Å²) in [7, 11) is -2.56. The molecule has 0 saturated heterocycles. The van der Waals surface area contributed by atoms with Crippen molar-refractivity contribution in [2.75, 3.05) is 18.0 Å². The number of sulfonamides is 1. The standard InChI is InChI=1S/C29H34BrN3O5S/c1-20(2)31-29(35)22(4)32(18-23-7-6-8-26(17-23)38-5)28(34)19-33(25-13-11-24(30)12-14-25)39(36,37)27-15-9-21(3)10-16-27/h6-17,20,22H,18-19H2,1-5H3,(H,31,35)/t22-/m1/s1. The Hall–Kier alpha value is -3.37. The average Bonchev–Trinajstić information content (AvgIpc) is 2.90. The number of hydrogen-bond donors (Lipinski definition) is 1. The van der Waals surface area contributed by atoms with Crippen LogP contribution < -0.4 is 14.4 Å². The summed E-state index contributed by atoms with van der Waals surface area (Å²) >= 11 is 3.38. The van der Waals surface area contributed by atoms with Crippen LogP contribution in [-0.4, -0.2) is 50.9 Å². The number of nitrogens with one attached hydrogen (secondary N) is 1. The van der Waals surface area contributed by atoms with E-state index in [0.717, 1.165) is 19.9 Å². The highest BCUT2D eigenvalue weighted by Crippen LogP contribution is 2.26. The molecule has 3 aromatic rings. The molecule has 39 heavy (non-hydrogen) atoms. The third-order valence-corrected chi connectivity index (χ3v) is 8.40. The Morgan fingerprint density at radius 2 is 1.62 bits per heavy atom. The molecule has 10 heteroatoms. The van der Waals surface area contributed by atoms with Crippen LogP contribution in [0.5, 0.6) is 5.75 Å². The minimum Gasteiger partial charge on any atom is -0.497 e. The van der Waals surface area contributed by atoms with E-state index < -0.39 is 28.5 Å². The number of carbonyl (C=O) groups is 2. The van der Waals surface area contributed by atoms with Gasteiger partial charge in [0.15, 0.2) is 0 Å². The van der Waals surface area contributed by atoms with E-state index in [1.165, 1.54) is 17.0 Å². The molecule has 0 radical (unpaired) electrons. The van der Waals surface area contributed by atoms with E-state index in [0.29, 0.717) is 11.4 Å². The summed E-state index contributed by atoms with van der Waals surface area (Å²) in [6, 6.07) is 19.3. The van der Waals surface area contributed by atoms with Gasteiger partial charge in [-0.25, -0.2) is 8.42 Å². The molecule has 0 heterocycles. The van der Waals surface area contributed by atoms with Gasteiger partial charge in [-0.05, 0) is 81.8 Å². The molecule has 0 aliphatic rings. The van der Waals surface area contributed by atoms with E-state index in [9.17, 15) is 18.0 Å². The molecule has 1 atom stereocenters. The number of rotatable bonds is 11. The number of amides is 2. The number of anilines is 1. The van der Waals surface area contributed by atoms with E-state index >= 15 is 0 Å². The first kappa shape index (κ1) is 30.2. The molecule has 0 aromatic heterocycles. The molecule has 3 aromatic carbocycles. The van der Waals surface area contributed by atoms with E-state index in [1.54, 1.807) is 68.6 Å².